The lowest BCUT2D eigenvalue weighted by Gasteiger charge is -2.43. The highest BCUT2D eigenvalue weighted by Crippen LogP contribution is 2.48. The third-order valence-corrected chi connectivity index (χ3v) is 5.62. The van der Waals surface area contributed by atoms with Crippen LogP contribution in [0, 0.1) is 20.8 Å². The van der Waals surface area contributed by atoms with Crippen LogP contribution in [0.15, 0.2) is 17.9 Å². The Morgan fingerprint density at radius 1 is 1.17 bits per heavy atom. The van der Waals surface area contributed by atoms with Gasteiger partial charge >= 0.3 is 6.16 Å². The van der Waals surface area contributed by atoms with Crippen molar-refractivity contribution in [1.29, 1.82) is 0 Å². The van der Waals surface area contributed by atoms with E-state index in [1.807, 2.05) is 32.9 Å². The van der Waals surface area contributed by atoms with E-state index < -0.39 is 11.7 Å². The number of hydroxylamine groups is 4. The van der Waals surface area contributed by atoms with Gasteiger partial charge in [-0.15, -0.1) is 0 Å². The van der Waals surface area contributed by atoms with Crippen LogP contribution in [-0.4, -0.2) is 59.6 Å². The zero-order valence-corrected chi connectivity index (χ0v) is 17.6. The monoisotopic (exact) mass is 404 g/mol. The predicted octanol–water partition coefficient (Wildman–Crippen LogP) is 3.21. The van der Waals surface area contributed by atoms with Gasteiger partial charge in [-0.1, -0.05) is 17.7 Å². The second kappa shape index (κ2) is 8.14. The molecular formula is C21H28N2O6. The number of benzene rings is 1. The van der Waals surface area contributed by atoms with Crippen molar-refractivity contribution in [2.45, 2.75) is 46.1 Å². The smallest absolute Gasteiger partial charge is 0.449 e. The fraction of sp³-hybridized carbons (Fsp3) is 0.524. The molecule has 0 aliphatic carbocycles. The summed E-state index contributed by atoms with van der Waals surface area (Å²) < 4.78 is 5.32. The zero-order chi connectivity index (χ0) is 21.3. The molecule has 1 saturated heterocycles. The van der Waals surface area contributed by atoms with Crippen LogP contribution in [0.1, 0.15) is 42.0 Å². The molecule has 2 aliphatic heterocycles. The minimum absolute atomic E-state index is 0.147. The van der Waals surface area contributed by atoms with E-state index in [4.69, 9.17) is 14.4 Å². The molecule has 1 fully saturated rings. The number of carboxylic acid groups (broad SMARTS) is 1. The molecule has 0 radical (unpaired) electrons. The van der Waals surface area contributed by atoms with Gasteiger partial charge in [0.15, 0.2) is 5.76 Å². The standard InChI is InChI=1S/C21H28N2O6/c1-6-28-23-19(24)17(16-14(3)11-13(2)12-15(16)4)18(29-20(25)26)21(23)7-9-22(27-5)10-8-21/h11-12H,6-10H2,1-5H3,(H,25,26). The largest absolute Gasteiger partial charge is 0.511 e. The highest BCUT2D eigenvalue weighted by molar-refractivity contribution is 6.23. The van der Waals surface area contributed by atoms with Crippen LogP contribution in [0.4, 0.5) is 4.79 Å². The lowest BCUT2D eigenvalue weighted by Crippen LogP contribution is -2.55. The van der Waals surface area contributed by atoms with Gasteiger partial charge in [0.05, 0.1) is 19.3 Å². The quantitative estimate of drug-likeness (QED) is 0.754. The van der Waals surface area contributed by atoms with E-state index in [9.17, 15) is 14.7 Å². The Balaban J connectivity index is 2.23. The summed E-state index contributed by atoms with van der Waals surface area (Å²) in [6.07, 6.45) is -0.578. The maximum absolute atomic E-state index is 13.5. The molecule has 8 heteroatoms. The van der Waals surface area contributed by atoms with Crippen LogP contribution in [0.3, 0.4) is 0 Å². The topological polar surface area (TPSA) is 88.5 Å². The Kier molecular flexibility index (Phi) is 5.97. The van der Waals surface area contributed by atoms with Crippen molar-refractivity contribution >= 4 is 17.6 Å². The van der Waals surface area contributed by atoms with E-state index in [-0.39, 0.29) is 23.8 Å². The lowest BCUT2D eigenvalue weighted by molar-refractivity contribution is -0.230. The number of hydrogen-bond donors (Lipinski definition) is 1. The molecule has 0 saturated carbocycles. The van der Waals surface area contributed by atoms with Crippen molar-refractivity contribution in [3.63, 3.8) is 0 Å². The van der Waals surface area contributed by atoms with Gasteiger partial charge in [-0.25, -0.2) is 9.86 Å². The van der Waals surface area contributed by atoms with Gasteiger partial charge in [-0.3, -0.25) is 9.63 Å². The Morgan fingerprint density at radius 3 is 2.24 bits per heavy atom. The second-order valence-corrected chi connectivity index (χ2v) is 7.51. The molecule has 8 nitrogen and oxygen atoms in total. The number of nitrogens with zero attached hydrogens (tertiary/aromatic N) is 2. The molecule has 1 spiro atoms. The summed E-state index contributed by atoms with van der Waals surface area (Å²) in [5.41, 5.74) is 2.83. The maximum atomic E-state index is 13.5. The number of carbonyl (C=O) groups is 2. The fourth-order valence-electron chi connectivity index (χ4n) is 4.53. The van der Waals surface area contributed by atoms with Gasteiger partial charge in [0.25, 0.3) is 5.91 Å². The van der Waals surface area contributed by atoms with Crippen LogP contribution >= 0.6 is 0 Å². The van der Waals surface area contributed by atoms with Crippen LogP contribution in [-0.2, 0) is 19.2 Å². The molecule has 2 aliphatic rings. The van der Waals surface area contributed by atoms with E-state index in [0.717, 1.165) is 16.7 Å². The summed E-state index contributed by atoms with van der Waals surface area (Å²) in [6.45, 7) is 8.91. The molecule has 3 rings (SSSR count). The van der Waals surface area contributed by atoms with Crippen molar-refractivity contribution < 1.29 is 29.1 Å². The average molecular weight is 404 g/mol. The summed E-state index contributed by atoms with van der Waals surface area (Å²) >= 11 is 0. The summed E-state index contributed by atoms with van der Waals surface area (Å²) in [7, 11) is 1.59. The highest BCUT2D eigenvalue weighted by Gasteiger charge is 2.57. The minimum Gasteiger partial charge on any atom is -0.449 e. The maximum Gasteiger partial charge on any atom is 0.511 e. The van der Waals surface area contributed by atoms with E-state index in [1.54, 1.807) is 19.1 Å². The van der Waals surface area contributed by atoms with Gasteiger partial charge in [0, 0.05) is 13.1 Å². The van der Waals surface area contributed by atoms with Crippen LogP contribution < -0.4 is 0 Å². The number of piperidine rings is 1. The van der Waals surface area contributed by atoms with Crippen molar-refractivity contribution in [2.75, 3.05) is 26.8 Å². The first kappa shape index (κ1) is 21.3. The molecule has 0 unspecified atom stereocenters. The molecule has 2 heterocycles. The molecule has 0 aromatic heterocycles. The number of amides is 1. The highest BCUT2D eigenvalue weighted by atomic mass is 16.7. The van der Waals surface area contributed by atoms with Gasteiger partial charge in [0.2, 0.25) is 0 Å². The van der Waals surface area contributed by atoms with Gasteiger partial charge < -0.3 is 14.7 Å². The second-order valence-electron chi connectivity index (χ2n) is 7.51. The Bertz CT molecular complexity index is 832. The zero-order valence-electron chi connectivity index (χ0n) is 17.6. The summed E-state index contributed by atoms with van der Waals surface area (Å²) in [5, 5.41) is 12.6. The first-order valence-corrected chi connectivity index (χ1v) is 9.75. The summed E-state index contributed by atoms with van der Waals surface area (Å²) in [4.78, 5) is 36.2. The molecule has 1 aromatic rings. The third-order valence-electron chi connectivity index (χ3n) is 5.62. The molecule has 158 valence electrons. The third kappa shape index (κ3) is 3.63. The van der Waals surface area contributed by atoms with Crippen molar-refractivity contribution in [2.24, 2.45) is 0 Å². The van der Waals surface area contributed by atoms with Gasteiger partial charge in [-0.05, 0) is 57.2 Å². The summed E-state index contributed by atoms with van der Waals surface area (Å²) in [6, 6.07) is 3.95. The molecule has 0 bridgehead atoms. The van der Waals surface area contributed by atoms with E-state index in [0.29, 0.717) is 31.5 Å². The van der Waals surface area contributed by atoms with Crippen molar-refractivity contribution in [3.05, 3.63) is 40.1 Å². The van der Waals surface area contributed by atoms with Crippen molar-refractivity contribution in [3.8, 4) is 0 Å². The van der Waals surface area contributed by atoms with Crippen LogP contribution in [0.25, 0.3) is 5.57 Å². The fourth-order valence-corrected chi connectivity index (χ4v) is 4.53. The first-order chi connectivity index (χ1) is 13.7. The molecule has 1 N–H and O–H groups in total. The normalized spacial score (nSPS) is 19.3. The Morgan fingerprint density at radius 2 is 1.76 bits per heavy atom. The number of hydrogen-bond acceptors (Lipinski definition) is 6. The SMILES string of the molecule is CCON1C(=O)C(c2c(C)cc(C)cc2C)=C(OC(=O)O)C12CCN(OC)CC2. The van der Waals surface area contributed by atoms with Gasteiger partial charge in [-0.2, -0.15) is 5.06 Å². The van der Waals surface area contributed by atoms with E-state index in [2.05, 4.69) is 0 Å². The number of rotatable bonds is 5. The Hall–Kier alpha value is -2.42. The molecule has 29 heavy (non-hydrogen) atoms. The summed E-state index contributed by atoms with van der Waals surface area (Å²) in [5.74, 6) is -0.224. The molecule has 1 aromatic carbocycles. The number of ether oxygens (including phenoxy) is 1. The predicted molar refractivity (Wildman–Crippen MR) is 106 cm³/mol. The average Bonchev–Trinajstić information content (AvgIpc) is 2.85. The Labute approximate surface area is 170 Å². The van der Waals surface area contributed by atoms with E-state index in [1.165, 1.54) is 5.06 Å². The van der Waals surface area contributed by atoms with Crippen LogP contribution in [0.2, 0.25) is 0 Å². The van der Waals surface area contributed by atoms with Crippen LogP contribution in [0.5, 0.6) is 0 Å². The minimum atomic E-state index is -1.44. The van der Waals surface area contributed by atoms with E-state index >= 15 is 0 Å². The van der Waals surface area contributed by atoms with Crippen molar-refractivity contribution in [1.82, 2.24) is 10.1 Å². The molecule has 0 atom stereocenters. The molecular weight excluding hydrogens is 376 g/mol. The number of carbonyl (C=O) groups excluding carboxylic acids is 1. The van der Waals surface area contributed by atoms with Gasteiger partial charge in [0.1, 0.15) is 5.54 Å². The molecule has 1 amide bonds. The first-order valence-electron chi connectivity index (χ1n) is 9.75. The lowest BCUT2D eigenvalue weighted by atomic mass is 9.84. The number of aryl methyl sites for hydroxylation is 3.